The molecule has 0 saturated carbocycles. The summed E-state index contributed by atoms with van der Waals surface area (Å²) in [6.45, 7) is 3.92. The molecule has 5 nitrogen and oxygen atoms in total. The Morgan fingerprint density at radius 2 is 2.15 bits per heavy atom. The zero-order valence-corrected chi connectivity index (χ0v) is 12.4. The van der Waals surface area contributed by atoms with Gasteiger partial charge in [0.15, 0.2) is 5.13 Å². The van der Waals surface area contributed by atoms with Gasteiger partial charge in [0.05, 0.1) is 25.1 Å². The maximum absolute atomic E-state index is 11.8. The maximum Gasteiger partial charge on any atom is 0.350 e. The molecule has 1 heterocycles. The number of aromatic nitrogens is 1. The van der Waals surface area contributed by atoms with Gasteiger partial charge in [-0.2, -0.15) is 0 Å². The Morgan fingerprint density at radius 1 is 1.40 bits per heavy atom. The third-order valence-corrected chi connectivity index (χ3v) is 3.66. The summed E-state index contributed by atoms with van der Waals surface area (Å²) in [6, 6.07) is 7.54. The molecule has 2 rings (SSSR count). The molecule has 0 aliphatic rings. The van der Waals surface area contributed by atoms with Crippen LogP contribution in [0, 0.1) is 6.92 Å². The molecule has 106 valence electrons. The van der Waals surface area contributed by atoms with Gasteiger partial charge in [-0.1, -0.05) is 23.5 Å². The Kier molecular flexibility index (Phi) is 4.57. The first-order chi connectivity index (χ1) is 9.65. The number of ether oxygens (including phenoxy) is 2. The van der Waals surface area contributed by atoms with Gasteiger partial charge in [-0.3, -0.25) is 0 Å². The molecule has 0 amide bonds. The van der Waals surface area contributed by atoms with Crippen molar-refractivity contribution in [3.05, 3.63) is 34.8 Å². The molecule has 1 aromatic carbocycles. The Labute approximate surface area is 121 Å². The summed E-state index contributed by atoms with van der Waals surface area (Å²) in [6.07, 6.45) is 0. The number of aryl methyl sites for hydroxylation is 1. The maximum atomic E-state index is 11.8. The van der Waals surface area contributed by atoms with Crippen LogP contribution in [0.2, 0.25) is 0 Å². The summed E-state index contributed by atoms with van der Waals surface area (Å²) in [7, 11) is 1.61. The second-order valence-corrected chi connectivity index (χ2v) is 4.98. The fourth-order valence-electron chi connectivity index (χ4n) is 1.70. The standard InChI is InChI=1S/C14H16N2O3S/c1-4-19-13(17)12-9(2)15-14(20-12)16-10-7-5-6-8-11(10)18-3/h5-8H,4H2,1-3H3,(H,15,16). The highest BCUT2D eigenvalue weighted by Crippen LogP contribution is 2.30. The third-order valence-electron chi connectivity index (χ3n) is 2.61. The second-order valence-electron chi connectivity index (χ2n) is 3.98. The lowest BCUT2D eigenvalue weighted by Gasteiger charge is -2.07. The summed E-state index contributed by atoms with van der Waals surface area (Å²) in [5.74, 6) is 0.383. The number of esters is 1. The number of hydrogen-bond acceptors (Lipinski definition) is 6. The summed E-state index contributed by atoms with van der Waals surface area (Å²) in [5, 5.41) is 3.79. The molecule has 6 heteroatoms. The van der Waals surface area contributed by atoms with Crippen LogP contribution in [0.3, 0.4) is 0 Å². The highest BCUT2D eigenvalue weighted by molar-refractivity contribution is 7.17. The van der Waals surface area contributed by atoms with E-state index in [2.05, 4.69) is 10.3 Å². The van der Waals surface area contributed by atoms with Crippen LogP contribution < -0.4 is 10.1 Å². The van der Waals surface area contributed by atoms with Gasteiger partial charge in [-0.25, -0.2) is 9.78 Å². The summed E-state index contributed by atoms with van der Waals surface area (Å²) in [4.78, 5) is 16.6. The average Bonchev–Trinajstić information content (AvgIpc) is 2.80. The normalized spacial score (nSPS) is 10.2. The quantitative estimate of drug-likeness (QED) is 0.856. The molecule has 0 radical (unpaired) electrons. The number of nitrogens with one attached hydrogen (secondary N) is 1. The SMILES string of the molecule is CCOC(=O)c1sc(Nc2ccccc2OC)nc1C. The molecule has 0 atom stereocenters. The van der Waals surface area contributed by atoms with Crippen LogP contribution in [0.1, 0.15) is 22.3 Å². The van der Waals surface area contributed by atoms with Crippen LogP contribution in [0.25, 0.3) is 0 Å². The Hall–Kier alpha value is -2.08. The average molecular weight is 292 g/mol. The Morgan fingerprint density at radius 3 is 2.85 bits per heavy atom. The van der Waals surface area contributed by atoms with E-state index >= 15 is 0 Å². The van der Waals surface area contributed by atoms with Crippen molar-refractivity contribution in [2.24, 2.45) is 0 Å². The molecule has 2 aromatic rings. The van der Waals surface area contributed by atoms with E-state index in [9.17, 15) is 4.79 Å². The summed E-state index contributed by atoms with van der Waals surface area (Å²) < 4.78 is 10.3. The summed E-state index contributed by atoms with van der Waals surface area (Å²) >= 11 is 1.27. The van der Waals surface area contributed by atoms with Crippen LogP contribution in [0.15, 0.2) is 24.3 Å². The van der Waals surface area contributed by atoms with Gasteiger partial charge in [-0.15, -0.1) is 0 Å². The van der Waals surface area contributed by atoms with E-state index in [-0.39, 0.29) is 5.97 Å². The topological polar surface area (TPSA) is 60.5 Å². The van der Waals surface area contributed by atoms with Crippen LogP contribution in [0.5, 0.6) is 5.75 Å². The van der Waals surface area contributed by atoms with E-state index in [1.165, 1.54) is 11.3 Å². The first-order valence-electron chi connectivity index (χ1n) is 6.20. The smallest absolute Gasteiger partial charge is 0.350 e. The molecule has 0 aliphatic carbocycles. The first kappa shape index (κ1) is 14.3. The minimum Gasteiger partial charge on any atom is -0.495 e. The minimum atomic E-state index is -0.337. The fraction of sp³-hybridized carbons (Fsp3) is 0.286. The predicted molar refractivity (Wildman–Crippen MR) is 79.1 cm³/mol. The van der Waals surface area contributed by atoms with Gasteiger partial charge in [0.25, 0.3) is 0 Å². The van der Waals surface area contributed by atoms with Crippen molar-refractivity contribution in [2.45, 2.75) is 13.8 Å². The zero-order chi connectivity index (χ0) is 14.5. The highest BCUT2D eigenvalue weighted by atomic mass is 32.1. The number of thiazole rings is 1. The fourth-order valence-corrected chi connectivity index (χ4v) is 2.57. The predicted octanol–water partition coefficient (Wildman–Crippen LogP) is 3.38. The Balaban J connectivity index is 2.22. The van der Waals surface area contributed by atoms with Crippen molar-refractivity contribution in [1.82, 2.24) is 4.98 Å². The van der Waals surface area contributed by atoms with Crippen LogP contribution in [-0.2, 0) is 4.74 Å². The molecule has 0 aliphatic heterocycles. The number of hydrogen-bond donors (Lipinski definition) is 1. The zero-order valence-electron chi connectivity index (χ0n) is 11.6. The third kappa shape index (κ3) is 3.08. The number of carbonyl (C=O) groups excluding carboxylic acids is 1. The van der Waals surface area contributed by atoms with Crippen LogP contribution in [-0.4, -0.2) is 24.7 Å². The van der Waals surface area contributed by atoms with Crippen molar-refractivity contribution in [1.29, 1.82) is 0 Å². The van der Waals surface area contributed by atoms with Gasteiger partial charge in [-0.05, 0) is 26.0 Å². The van der Waals surface area contributed by atoms with Gasteiger partial charge in [0, 0.05) is 0 Å². The van der Waals surface area contributed by atoms with Gasteiger partial charge >= 0.3 is 5.97 Å². The van der Waals surface area contributed by atoms with Crippen molar-refractivity contribution >= 4 is 28.1 Å². The lowest BCUT2D eigenvalue weighted by molar-refractivity contribution is 0.0531. The number of anilines is 2. The molecular weight excluding hydrogens is 276 g/mol. The lowest BCUT2D eigenvalue weighted by atomic mass is 10.3. The van der Waals surface area contributed by atoms with E-state index in [0.717, 1.165) is 11.4 Å². The molecule has 0 bridgehead atoms. The van der Waals surface area contributed by atoms with E-state index in [0.29, 0.717) is 22.3 Å². The number of rotatable bonds is 5. The number of benzene rings is 1. The van der Waals surface area contributed by atoms with Crippen molar-refractivity contribution < 1.29 is 14.3 Å². The Bertz CT molecular complexity index is 610. The molecule has 0 unspecified atom stereocenters. The number of methoxy groups -OCH3 is 1. The van der Waals surface area contributed by atoms with E-state index in [1.54, 1.807) is 21.0 Å². The lowest BCUT2D eigenvalue weighted by Crippen LogP contribution is -2.03. The largest absolute Gasteiger partial charge is 0.495 e. The van der Waals surface area contributed by atoms with Gasteiger partial charge in [0.1, 0.15) is 10.6 Å². The number of nitrogens with zero attached hydrogens (tertiary/aromatic N) is 1. The molecule has 0 fully saturated rings. The van der Waals surface area contributed by atoms with Crippen molar-refractivity contribution in [2.75, 3.05) is 19.0 Å². The van der Waals surface area contributed by atoms with E-state index < -0.39 is 0 Å². The molecule has 0 spiro atoms. The molecular formula is C14H16N2O3S. The number of carbonyl (C=O) groups is 1. The molecule has 1 aromatic heterocycles. The van der Waals surface area contributed by atoms with Crippen molar-refractivity contribution in [3.63, 3.8) is 0 Å². The van der Waals surface area contributed by atoms with Crippen LogP contribution in [0.4, 0.5) is 10.8 Å². The van der Waals surface area contributed by atoms with Crippen LogP contribution >= 0.6 is 11.3 Å². The van der Waals surface area contributed by atoms with E-state index in [1.807, 2.05) is 24.3 Å². The van der Waals surface area contributed by atoms with Gasteiger partial charge < -0.3 is 14.8 Å². The monoisotopic (exact) mass is 292 g/mol. The minimum absolute atomic E-state index is 0.337. The van der Waals surface area contributed by atoms with E-state index in [4.69, 9.17) is 9.47 Å². The number of para-hydroxylation sites is 2. The van der Waals surface area contributed by atoms with Crippen molar-refractivity contribution in [3.8, 4) is 5.75 Å². The summed E-state index contributed by atoms with van der Waals surface area (Å²) in [5.41, 5.74) is 1.46. The molecule has 1 N–H and O–H groups in total. The molecule has 20 heavy (non-hydrogen) atoms. The van der Waals surface area contributed by atoms with Gasteiger partial charge in [0.2, 0.25) is 0 Å². The highest BCUT2D eigenvalue weighted by Gasteiger charge is 2.16. The first-order valence-corrected chi connectivity index (χ1v) is 7.02. The molecule has 0 saturated heterocycles. The second kappa shape index (κ2) is 6.38.